The van der Waals surface area contributed by atoms with Gasteiger partial charge in [-0.05, 0) is 36.1 Å². The molecule has 0 bridgehead atoms. The molecule has 0 atom stereocenters. The van der Waals surface area contributed by atoms with Gasteiger partial charge in [-0.1, -0.05) is 42.5 Å². The van der Waals surface area contributed by atoms with E-state index in [0.29, 0.717) is 13.1 Å². The maximum absolute atomic E-state index is 12.7. The summed E-state index contributed by atoms with van der Waals surface area (Å²) in [6.07, 6.45) is 1.64. The number of rotatable bonds is 6. The van der Waals surface area contributed by atoms with Gasteiger partial charge in [0.15, 0.2) is 0 Å². The lowest BCUT2D eigenvalue weighted by atomic mass is 10.1. The quantitative estimate of drug-likeness (QED) is 0.786. The number of hydrogen-bond donors (Lipinski definition) is 2. The summed E-state index contributed by atoms with van der Waals surface area (Å²) in [7, 11) is 0. The van der Waals surface area contributed by atoms with Crippen LogP contribution in [0.1, 0.15) is 17.5 Å². The molecule has 0 aliphatic heterocycles. The summed E-state index contributed by atoms with van der Waals surface area (Å²) in [6.45, 7) is 1.11. The number of nitrogens with one attached hydrogen (secondary N) is 2. The molecule has 21 heavy (non-hydrogen) atoms. The van der Waals surface area contributed by atoms with Crippen LogP contribution in [0.2, 0.25) is 0 Å². The number of carbonyl (C=O) groups is 1. The number of hydrogen-bond acceptors (Lipinski definition) is 1. The minimum absolute atomic E-state index is 0.169. The number of halogens is 1. The van der Waals surface area contributed by atoms with Crippen molar-refractivity contribution in [1.82, 2.24) is 10.6 Å². The second-order valence-corrected chi connectivity index (χ2v) is 4.83. The largest absolute Gasteiger partial charge is 0.338 e. The third-order valence-electron chi connectivity index (χ3n) is 3.14. The molecule has 2 N–H and O–H groups in total. The Morgan fingerprint density at radius 3 is 2.33 bits per heavy atom. The van der Waals surface area contributed by atoms with Gasteiger partial charge in [0, 0.05) is 13.1 Å². The van der Waals surface area contributed by atoms with Crippen LogP contribution in [-0.2, 0) is 13.0 Å². The fourth-order valence-corrected chi connectivity index (χ4v) is 1.99. The molecule has 0 fully saturated rings. The first-order valence-corrected chi connectivity index (χ1v) is 7.04. The summed E-state index contributed by atoms with van der Waals surface area (Å²) in [5, 5.41) is 5.62. The van der Waals surface area contributed by atoms with Crippen molar-refractivity contribution in [2.75, 3.05) is 6.54 Å². The Morgan fingerprint density at radius 1 is 0.905 bits per heavy atom. The van der Waals surface area contributed by atoms with Gasteiger partial charge in [0.1, 0.15) is 5.82 Å². The molecule has 0 heterocycles. The predicted molar refractivity (Wildman–Crippen MR) is 81.4 cm³/mol. The Kier molecular flexibility index (Phi) is 5.76. The molecule has 0 aliphatic carbocycles. The predicted octanol–water partition coefficient (Wildman–Crippen LogP) is 3.26. The smallest absolute Gasteiger partial charge is 0.315 e. The van der Waals surface area contributed by atoms with E-state index in [9.17, 15) is 9.18 Å². The zero-order valence-corrected chi connectivity index (χ0v) is 11.8. The second kappa shape index (κ2) is 8.04. The van der Waals surface area contributed by atoms with Gasteiger partial charge in [0.2, 0.25) is 0 Å². The summed E-state index contributed by atoms with van der Waals surface area (Å²) in [5.41, 5.74) is 2.14. The lowest BCUT2D eigenvalue weighted by molar-refractivity contribution is 0.240. The van der Waals surface area contributed by atoms with Gasteiger partial charge in [0.05, 0.1) is 0 Å². The first-order chi connectivity index (χ1) is 10.2. The maximum Gasteiger partial charge on any atom is 0.315 e. The SMILES string of the molecule is O=C(NCCCc1ccc(F)cc1)NCc1ccccc1. The van der Waals surface area contributed by atoms with Crippen LogP contribution in [0.4, 0.5) is 9.18 Å². The molecule has 2 aromatic rings. The van der Waals surface area contributed by atoms with E-state index in [1.54, 1.807) is 12.1 Å². The zero-order chi connectivity index (χ0) is 14.9. The molecule has 2 amide bonds. The molecule has 0 radical (unpaired) electrons. The highest BCUT2D eigenvalue weighted by Crippen LogP contribution is 2.04. The molecular formula is C17H19FN2O. The molecule has 3 nitrogen and oxygen atoms in total. The summed E-state index contributed by atoms with van der Waals surface area (Å²) in [5.74, 6) is -0.225. The molecule has 0 saturated carbocycles. The normalized spacial score (nSPS) is 10.1. The van der Waals surface area contributed by atoms with E-state index in [1.807, 2.05) is 30.3 Å². The first kappa shape index (κ1) is 15.0. The molecule has 0 unspecified atom stereocenters. The van der Waals surface area contributed by atoms with E-state index in [1.165, 1.54) is 12.1 Å². The van der Waals surface area contributed by atoms with Crippen molar-refractivity contribution in [2.45, 2.75) is 19.4 Å². The van der Waals surface area contributed by atoms with E-state index in [-0.39, 0.29) is 11.8 Å². The van der Waals surface area contributed by atoms with Gasteiger partial charge >= 0.3 is 6.03 Å². The fourth-order valence-electron chi connectivity index (χ4n) is 1.99. The Labute approximate surface area is 124 Å². The van der Waals surface area contributed by atoms with Crippen molar-refractivity contribution >= 4 is 6.03 Å². The lowest BCUT2D eigenvalue weighted by Crippen LogP contribution is -2.35. The van der Waals surface area contributed by atoms with Crippen LogP contribution in [0.5, 0.6) is 0 Å². The van der Waals surface area contributed by atoms with Gasteiger partial charge in [-0.3, -0.25) is 0 Å². The van der Waals surface area contributed by atoms with E-state index in [4.69, 9.17) is 0 Å². The molecule has 4 heteroatoms. The molecular weight excluding hydrogens is 267 g/mol. The molecule has 110 valence electrons. The third kappa shape index (κ3) is 5.65. The van der Waals surface area contributed by atoms with Crippen LogP contribution in [0.3, 0.4) is 0 Å². The van der Waals surface area contributed by atoms with Crippen molar-refractivity contribution in [3.8, 4) is 0 Å². The number of amides is 2. The van der Waals surface area contributed by atoms with Crippen LogP contribution in [0, 0.1) is 5.82 Å². The number of urea groups is 1. The standard InChI is InChI=1S/C17H19FN2O/c18-16-10-8-14(9-11-16)7-4-12-19-17(21)20-13-15-5-2-1-3-6-15/h1-3,5-6,8-11H,4,7,12-13H2,(H2,19,20,21). The molecule has 0 spiro atoms. The Balaban J connectivity index is 1.60. The summed E-state index contributed by atoms with van der Waals surface area (Å²) >= 11 is 0. The van der Waals surface area contributed by atoms with Crippen molar-refractivity contribution in [2.24, 2.45) is 0 Å². The van der Waals surface area contributed by atoms with E-state index in [2.05, 4.69) is 10.6 Å². The third-order valence-corrected chi connectivity index (χ3v) is 3.14. The van der Waals surface area contributed by atoms with E-state index >= 15 is 0 Å². The Morgan fingerprint density at radius 2 is 1.62 bits per heavy atom. The van der Waals surface area contributed by atoms with Crippen LogP contribution in [0.25, 0.3) is 0 Å². The van der Waals surface area contributed by atoms with E-state index in [0.717, 1.165) is 24.0 Å². The number of aryl methyl sites for hydroxylation is 1. The molecule has 2 rings (SSSR count). The van der Waals surface area contributed by atoms with Crippen molar-refractivity contribution < 1.29 is 9.18 Å². The fraction of sp³-hybridized carbons (Fsp3) is 0.235. The number of carbonyl (C=O) groups excluding carboxylic acids is 1. The summed E-state index contributed by atoms with van der Waals surface area (Å²) in [6, 6.07) is 16.0. The second-order valence-electron chi connectivity index (χ2n) is 4.83. The Hall–Kier alpha value is -2.36. The average Bonchev–Trinajstić information content (AvgIpc) is 2.52. The monoisotopic (exact) mass is 286 g/mol. The van der Waals surface area contributed by atoms with Crippen LogP contribution >= 0.6 is 0 Å². The lowest BCUT2D eigenvalue weighted by Gasteiger charge is -2.07. The minimum atomic E-state index is -0.225. The topological polar surface area (TPSA) is 41.1 Å². The highest BCUT2D eigenvalue weighted by Gasteiger charge is 2.00. The highest BCUT2D eigenvalue weighted by atomic mass is 19.1. The van der Waals surface area contributed by atoms with Crippen LogP contribution in [-0.4, -0.2) is 12.6 Å². The zero-order valence-electron chi connectivity index (χ0n) is 11.8. The molecule has 2 aromatic carbocycles. The van der Waals surface area contributed by atoms with Crippen LogP contribution in [0.15, 0.2) is 54.6 Å². The van der Waals surface area contributed by atoms with Gasteiger partial charge in [0.25, 0.3) is 0 Å². The minimum Gasteiger partial charge on any atom is -0.338 e. The molecule has 0 aliphatic rings. The van der Waals surface area contributed by atoms with Gasteiger partial charge in [-0.15, -0.1) is 0 Å². The van der Waals surface area contributed by atoms with Gasteiger partial charge in [-0.25, -0.2) is 9.18 Å². The van der Waals surface area contributed by atoms with Crippen molar-refractivity contribution in [3.05, 3.63) is 71.5 Å². The van der Waals surface area contributed by atoms with Crippen molar-refractivity contribution in [1.29, 1.82) is 0 Å². The Bertz CT molecular complexity index is 555. The number of benzene rings is 2. The summed E-state index contributed by atoms with van der Waals surface area (Å²) < 4.78 is 12.7. The van der Waals surface area contributed by atoms with Crippen LogP contribution < -0.4 is 10.6 Å². The van der Waals surface area contributed by atoms with Gasteiger partial charge in [-0.2, -0.15) is 0 Å². The van der Waals surface area contributed by atoms with Gasteiger partial charge < -0.3 is 10.6 Å². The van der Waals surface area contributed by atoms with Crippen molar-refractivity contribution in [3.63, 3.8) is 0 Å². The first-order valence-electron chi connectivity index (χ1n) is 7.04. The molecule has 0 aromatic heterocycles. The highest BCUT2D eigenvalue weighted by molar-refractivity contribution is 5.73. The van der Waals surface area contributed by atoms with E-state index < -0.39 is 0 Å². The maximum atomic E-state index is 12.7. The average molecular weight is 286 g/mol. The summed E-state index contributed by atoms with van der Waals surface area (Å²) in [4.78, 5) is 11.6. The molecule has 0 saturated heterocycles.